The van der Waals surface area contributed by atoms with Gasteiger partial charge in [-0.15, -0.1) is 0 Å². The molecule has 0 radical (unpaired) electrons. The fraction of sp³-hybridized carbons (Fsp3) is 0.105. The summed E-state index contributed by atoms with van der Waals surface area (Å²) >= 11 is 0. The number of hydrogen-bond donors (Lipinski definition) is 2. The van der Waals surface area contributed by atoms with Gasteiger partial charge in [0, 0.05) is 5.56 Å². The van der Waals surface area contributed by atoms with Crippen LogP contribution in [0.25, 0.3) is 5.69 Å². The van der Waals surface area contributed by atoms with Gasteiger partial charge in [-0.1, -0.05) is 29.8 Å². The Morgan fingerprint density at radius 2 is 1.84 bits per heavy atom. The SMILES string of the molecule is Cc1cccc(C(=O)c2cnn(-c3cc(C(=O)O)ccc3C)c2N)c1. The van der Waals surface area contributed by atoms with E-state index in [1.165, 1.54) is 23.0 Å². The monoisotopic (exact) mass is 335 g/mol. The van der Waals surface area contributed by atoms with E-state index in [0.717, 1.165) is 11.1 Å². The molecular weight excluding hydrogens is 318 g/mol. The van der Waals surface area contributed by atoms with Crippen LogP contribution in [0.2, 0.25) is 0 Å². The Bertz CT molecular complexity index is 989. The molecule has 0 aliphatic heterocycles. The summed E-state index contributed by atoms with van der Waals surface area (Å²) in [6.45, 7) is 3.73. The van der Waals surface area contributed by atoms with Crippen LogP contribution in [0.4, 0.5) is 5.82 Å². The second-order valence-electron chi connectivity index (χ2n) is 5.86. The molecule has 6 nitrogen and oxygen atoms in total. The lowest BCUT2D eigenvalue weighted by atomic mass is 10.0. The molecule has 3 rings (SSSR count). The first-order chi connectivity index (χ1) is 11.9. The molecule has 0 saturated heterocycles. The van der Waals surface area contributed by atoms with Crippen molar-refractivity contribution < 1.29 is 14.7 Å². The Hall–Kier alpha value is -3.41. The molecule has 126 valence electrons. The summed E-state index contributed by atoms with van der Waals surface area (Å²) in [5, 5.41) is 13.4. The number of rotatable bonds is 4. The van der Waals surface area contributed by atoms with Crippen molar-refractivity contribution >= 4 is 17.6 Å². The van der Waals surface area contributed by atoms with Gasteiger partial charge in [0.25, 0.3) is 0 Å². The maximum atomic E-state index is 12.7. The van der Waals surface area contributed by atoms with Crippen LogP contribution in [-0.2, 0) is 0 Å². The Labute approximate surface area is 144 Å². The van der Waals surface area contributed by atoms with Gasteiger partial charge in [-0.3, -0.25) is 4.79 Å². The van der Waals surface area contributed by atoms with Crippen LogP contribution in [0.3, 0.4) is 0 Å². The minimum absolute atomic E-state index is 0.127. The molecule has 0 unspecified atom stereocenters. The van der Waals surface area contributed by atoms with Gasteiger partial charge in [0.1, 0.15) is 5.82 Å². The molecule has 6 heteroatoms. The second-order valence-corrected chi connectivity index (χ2v) is 5.86. The predicted octanol–water partition coefficient (Wildman–Crippen LogP) is 3.00. The molecule has 0 atom stereocenters. The van der Waals surface area contributed by atoms with E-state index >= 15 is 0 Å². The number of nitrogens with two attached hydrogens (primary N) is 1. The summed E-state index contributed by atoms with van der Waals surface area (Å²) in [5.41, 5.74) is 9.38. The van der Waals surface area contributed by atoms with Gasteiger partial charge < -0.3 is 10.8 Å². The fourth-order valence-corrected chi connectivity index (χ4v) is 2.64. The number of nitrogen functional groups attached to an aromatic ring is 1. The molecule has 3 N–H and O–H groups in total. The molecule has 0 spiro atoms. The topological polar surface area (TPSA) is 98.2 Å². The number of aromatic nitrogens is 2. The summed E-state index contributed by atoms with van der Waals surface area (Å²) in [6.07, 6.45) is 1.41. The van der Waals surface area contributed by atoms with Crippen LogP contribution in [0.1, 0.15) is 37.4 Å². The molecule has 3 aromatic rings. The molecule has 0 aliphatic rings. The number of carboxylic acid groups (broad SMARTS) is 1. The predicted molar refractivity (Wildman–Crippen MR) is 94.3 cm³/mol. The third-order valence-electron chi connectivity index (χ3n) is 4.02. The van der Waals surface area contributed by atoms with E-state index in [-0.39, 0.29) is 22.7 Å². The van der Waals surface area contributed by atoms with Gasteiger partial charge in [0.05, 0.1) is 23.0 Å². The highest BCUT2D eigenvalue weighted by atomic mass is 16.4. The molecule has 0 bridgehead atoms. The molecule has 2 aromatic carbocycles. The Morgan fingerprint density at radius 3 is 2.52 bits per heavy atom. The molecule has 1 heterocycles. The van der Waals surface area contributed by atoms with Gasteiger partial charge in [0.2, 0.25) is 0 Å². The minimum atomic E-state index is -1.04. The first-order valence-electron chi connectivity index (χ1n) is 7.67. The number of carbonyl (C=O) groups excluding carboxylic acids is 1. The van der Waals surface area contributed by atoms with E-state index in [1.54, 1.807) is 18.2 Å². The molecule has 0 aliphatic carbocycles. The average molecular weight is 335 g/mol. The summed E-state index contributed by atoms with van der Waals surface area (Å²) < 4.78 is 1.39. The van der Waals surface area contributed by atoms with Crippen molar-refractivity contribution in [1.29, 1.82) is 0 Å². The smallest absolute Gasteiger partial charge is 0.335 e. The highest BCUT2D eigenvalue weighted by Gasteiger charge is 2.19. The highest BCUT2D eigenvalue weighted by molar-refractivity contribution is 6.11. The van der Waals surface area contributed by atoms with E-state index in [1.807, 2.05) is 26.0 Å². The van der Waals surface area contributed by atoms with Gasteiger partial charge in [-0.25, -0.2) is 9.48 Å². The van der Waals surface area contributed by atoms with Crippen molar-refractivity contribution in [2.45, 2.75) is 13.8 Å². The van der Waals surface area contributed by atoms with E-state index in [4.69, 9.17) is 10.8 Å². The van der Waals surface area contributed by atoms with Crippen molar-refractivity contribution in [3.8, 4) is 5.69 Å². The van der Waals surface area contributed by atoms with Crippen molar-refractivity contribution in [1.82, 2.24) is 9.78 Å². The number of carbonyl (C=O) groups is 2. The fourth-order valence-electron chi connectivity index (χ4n) is 2.64. The van der Waals surface area contributed by atoms with E-state index in [0.29, 0.717) is 11.3 Å². The normalized spacial score (nSPS) is 10.6. The van der Waals surface area contributed by atoms with Crippen LogP contribution >= 0.6 is 0 Å². The van der Waals surface area contributed by atoms with Crippen LogP contribution in [0.5, 0.6) is 0 Å². The molecule has 0 saturated carbocycles. The van der Waals surface area contributed by atoms with Gasteiger partial charge in [-0.05, 0) is 37.6 Å². The van der Waals surface area contributed by atoms with Crippen LogP contribution in [-0.4, -0.2) is 26.6 Å². The molecule has 25 heavy (non-hydrogen) atoms. The maximum absolute atomic E-state index is 12.7. The Kier molecular flexibility index (Phi) is 4.10. The quantitative estimate of drug-likeness (QED) is 0.714. The number of ketones is 1. The van der Waals surface area contributed by atoms with E-state index < -0.39 is 5.97 Å². The van der Waals surface area contributed by atoms with Gasteiger partial charge in [0.15, 0.2) is 5.78 Å². The van der Waals surface area contributed by atoms with Crippen LogP contribution in [0.15, 0.2) is 48.7 Å². The van der Waals surface area contributed by atoms with Gasteiger partial charge in [-0.2, -0.15) is 5.10 Å². The summed E-state index contributed by atoms with van der Waals surface area (Å²) in [7, 11) is 0. The number of nitrogens with zero attached hydrogens (tertiary/aromatic N) is 2. The lowest BCUT2D eigenvalue weighted by Crippen LogP contribution is -2.09. The first-order valence-corrected chi connectivity index (χ1v) is 7.67. The summed E-state index contributed by atoms with van der Waals surface area (Å²) in [5.74, 6) is -1.08. The minimum Gasteiger partial charge on any atom is -0.478 e. The first kappa shape index (κ1) is 16.4. The number of aryl methyl sites for hydroxylation is 2. The third-order valence-corrected chi connectivity index (χ3v) is 4.02. The van der Waals surface area contributed by atoms with Crippen LogP contribution < -0.4 is 5.73 Å². The van der Waals surface area contributed by atoms with E-state index in [2.05, 4.69) is 5.10 Å². The average Bonchev–Trinajstić information content (AvgIpc) is 2.96. The van der Waals surface area contributed by atoms with E-state index in [9.17, 15) is 9.59 Å². The van der Waals surface area contributed by atoms with Crippen molar-refractivity contribution in [2.75, 3.05) is 5.73 Å². The zero-order valence-electron chi connectivity index (χ0n) is 13.9. The maximum Gasteiger partial charge on any atom is 0.335 e. The number of anilines is 1. The largest absolute Gasteiger partial charge is 0.478 e. The van der Waals surface area contributed by atoms with Crippen molar-refractivity contribution in [2.24, 2.45) is 0 Å². The Balaban J connectivity index is 2.06. The van der Waals surface area contributed by atoms with Crippen molar-refractivity contribution in [3.05, 3.63) is 76.5 Å². The molecule has 1 aromatic heterocycles. The zero-order chi connectivity index (χ0) is 18.1. The third kappa shape index (κ3) is 3.01. The molecule has 0 amide bonds. The number of aromatic carboxylic acids is 1. The Morgan fingerprint density at radius 1 is 1.08 bits per heavy atom. The van der Waals surface area contributed by atoms with Gasteiger partial charge >= 0.3 is 5.97 Å². The lowest BCUT2D eigenvalue weighted by Gasteiger charge is -2.09. The highest BCUT2D eigenvalue weighted by Crippen LogP contribution is 2.23. The lowest BCUT2D eigenvalue weighted by molar-refractivity contribution is 0.0696. The number of hydrogen-bond acceptors (Lipinski definition) is 4. The molecular formula is C19H17N3O3. The molecule has 0 fully saturated rings. The van der Waals surface area contributed by atoms with Crippen molar-refractivity contribution in [3.63, 3.8) is 0 Å². The van der Waals surface area contributed by atoms with Crippen LogP contribution in [0, 0.1) is 13.8 Å². The zero-order valence-corrected chi connectivity index (χ0v) is 13.9. The number of carboxylic acids is 1. The summed E-state index contributed by atoms with van der Waals surface area (Å²) in [6, 6.07) is 11.9. The second kappa shape index (κ2) is 6.24. The number of benzene rings is 2. The standard InChI is InChI=1S/C19H17N3O3/c1-11-4-3-5-13(8-11)17(23)15-10-21-22(18(15)20)16-9-14(19(24)25)7-6-12(16)2/h3-10H,20H2,1-2H3,(H,24,25). The summed E-state index contributed by atoms with van der Waals surface area (Å²) in [4.78, 5) is 23.9.